The fourth-order valence-corrected chi connectivity index (χ4v) is 9.93. The Kier molecular flexibility index (Phi) is 7.33. The number of benzene rings is 2. The molecule has 0 aromatic heterocycles. The van der Waals surface area contributed by atoms with Crippen LogP contribution in [-0.2, 0) is 19.4 Å². The highest BCUT2D eigenvalue weighted by molar-refractivity contribution is 7.93. The molecule has 2 atom stereocenters. The van der Waals surface area contributed by atoms with Crippen molar-refractivity contribution >= 4 is 29.9 Å². The van der Waals surface area contributed by atoms with E-state index in [1.807, 2.05) is 39.9 Å². The van der Waals surface area contributed by atoms with E-state index < -0.39 is 40.8 Å². The molecular weight excluding hydrogens is 480 g/mol. The molecule has 2 aromatic rings. The van der Waals surface area contributed by atoms with Gasteiger partial charge in [-0.1, -0.05) is 76.3 Å². The summed E-state index contributed by atoms with van der Waals surface area (Å²) < 4.78 is 35.5. The van der Waals surface area contributed by atoms with Crippen molar-refractivity contribution in [1.29, 1.82) is 0 Å². The first-order valence-electron chi connectivity index (χ1n) is 11.5. The van der Waals surface area contributed by atoms with Gasteiger partial charge in [-0.05, 0) is 29.3 Å². The SMILES string of the molecule is C=CC[C@]1(S(=O)(=O)c2ccccc2)[C@@H](NC(=O)COc2ccccc2)C(=O)N1[Si](C)(C)C(C)(C)C. The molecule has 1 saturated heterocycles. The van der Waals surface area contributed by atoms with Crippen molar-refractivity contribution in [3.63, 3.8) is 0 Å². The van der Waals surface area contributed by atoms with Crippen molar-refractivity contribution in [2.24, 2.45) is 0 Å². The molecule has 35 heavy (non-hydrogen) atoms. The predicted octanol–water partition coefficient (Wildman–Crippen LogP) is 4.14. The molecule has 2 aromatic carbocycles. The fraction of sp³-hybridized carbons (Fsp3) is 0.385. The maximum absolute atomic E-state index is 14.2. The molecule has 0 spiro atoms. The number of sulfone groups is 1. The lowest BCUT2D eigenvalue weighted by atomic mass is 9.94. The molecule has 1 aliphatic rings. The Labute approximate surface area is 209 Å². The summed E-state index contributed by atoms with van der Waals surface area (Å²) in [6.45, 7) is 13.5. The van der Waals surface area contributed by atoms with E-state index >= 15 is 0 Å². The summed E-state index contributed by atoms with van der Waals surface area (Å²) in [5.74, 6) is -0.468. The molecule has 0 saturated carbocycles. The van der Waals surface area contributed by atoms with E-state index in [2.05, 4.69) is 11.9 Å². The molecule has 1 aliphatic heterocycles. The Bertz CT molecular complexity index is 1190. The molecule has 1 N–H and O–H groups in total. The molecule has 0 aliphatic carbocycles. The second kappa shape index (κ2) is 9.62. The molecule has 7 nitrogen and oxygen atoms in total. The van der Waals surface area contributed by atoms with Crippen LogP contribution in [0.4, 0.5) is 0 Å². The molecule has 1 fully saturated rings. The Morgan fingerprint density at radius 1 is 1.11 bits per heavy atom. The van der Waals surface area contributed by atoms with Crippen LogP contribution in [0, 0.1) is 0 Å². The minimum absolute atomic E-state index is 0.0209. The predicted molar refractivity (Wildman–Crippen MR) is 139 cm³/mol. The highest BCUT2D eigenvalue weighted by Gasteiger charge is 2.72. The lowest BCUT2D eigenvalue weighted by molar-refractivity contribution is -0.150. The van der Waals surface area contributed by atoms with Crippen LogP contribution in [0.25, 0.3) is 0 Å². The number of para-hydroxylation sites is 1. The van der Waals surface area contributed by atoms with Crippen LogP contribution in [0.3, 0.4) is 0 Å². The van der Waals surface area contributed by atoms with Gasteiger partial charge in [-0.3, -0.25) is 9.59 Å². The van der Waals surface area contributed by atoms with E-state index in [1.54, 1.807) is 47.0 Å². The average Bonchev–Trinajstić information content (AvgIpc) is 2.81. The summed E-state index contributed by atoms with van der Waals surface area (Å²) in [5.41, 5.74) is 0. The Morgan fingerprint density at radius 3 is 2.17 bits per heavy atom. The van der Waals surface area contributed by atoms with Gasteiger partial charge in [0.2, 0.25) is 15.7 Å². The quantitative estimate of drug-likeness (QED) is 0.308. The topological polar surface area (TPSA) is 92.8 Å². The summed E-state index contributed by atoms with van der Waals surface area (Å²) in [5, 5.41) is 2.35. The molecule has 9 heteroatoms. The zero-order valence-corrected chi connectivity index (χ0v) is 22.8. The van der Waals surface area contributed by atoms with E-state index in [-0.39, 0.29) is 23.0 Å². The second-order valence-electron chi connectivity index (χ2n) is 10.2. The summed E-state index contributed by atoms with van der Waals surface area (Å²) in [7, 11) is -6.79. The standard InChI is InChI=1S/C26H34N2O5SSi/c1-7-18-26(34(31,32)21-16-12-9-13-17-21)23(24(30)28(26)35(5,6)25(2,3)4)27-22(29)19-33-20-14-10-8-11-15-20/h7-17,23H,1,18-19H2,2-6H3,(H,27,29)/t23-,26-/m0/s1. The highest BCUT2D eigenvalue weighted by atomic mass is 32.2. The van der Waals surface area contributed by atoms with Gasteiger partial charge in [0.05, 0.1) is 4.90 Å². The molecule has 1 heterocycles. The van der Waals surface area contributed by atoms with E-state index in [9.17, 15) is 18.0 Å². The van der Waals surface area contributed by atoms with Crippen LogP contribution in [0.5, 0.6) is 5.75 Å². The third kappa shape index (κ3) is 4.54. The van der Waals surface area contributed by atoms with Crippen molar-refractivity contribution in [2.45, 2.75) is 61.1 Å². The number of carbonyl (C=O) groups is 2. The molecule has 0 bridgehead atoms. The van der Waals surface area contributed by atoms with Crippen LogP contribution >= 0.6 is 0 Å². The molecule has 0 unspecified atom stereocenters. The number of carbonyl (C=O) groups excluding carboxylic acids is 2. The van der Waals surface area contributed by atoms with Crippen LogP contribution in [0.15, 0.2) is 78.2 Å². The summed E-state index contributed by atoms with van der Waals surface area (Å²) >= 11 is 0. The van der Waals surface area contributed by atoms with Crippen molar-refractivity contribution in [1.82, 2.24) is 9.88 Å². The fourth-order valence-electron chi connectivity index (χ4n) is 4.30. The molecule has 3 rings (SSSR count). The molecular formula is C26H34N2O5SSi. The second-order valence-corrected chi connectivity index (χ2v) is 17.5. The minimum atomic E-state index is -4.10. The van der Waals surface area contributed by atoms with E-state index in [4.69, 9.17) is 4.74 Å². The number of rotatable bonds is 9. The Hall–Kier alpha value is -2.91. The van der Waals surface area contributed by atoms with E-state index in [1.165, 1.54) is 18.2 Å². The average molecular weight is 515 g/mol. The number of ether oxygens (including phenoxy) is 1. The first-order valence-corrected chi connectivity index (χ1v) is 16.0. The third-order valence-electron chi connectivity index (χ3n) is 7.07. The highest BCUT2D eigenvalue weighted by Crippen LogP contribution is 2.52. The number of β-lactam (4-membered cyclic amide) rings is 1. The summed E-state index contributed by atoms with van der Waals surface area (Å²) in [4.78, 5) is 24.9. The normalized spacial score (nSPS) is 20.7. The Balaban J connectivity index is 2.05. The van der Waals surface area contributed by atoms with Gasteiger partial charge < -0.3 is 14.6 Å². The van der Waals surface area contributed by atoms with Gasteiger partial charge in [-0.25, -0.2) is 8.42 Å². The van der Waals surface area contributed by atoms with Crippen LogP contribution in [0.1, 0.15) is 27.2 Å². The molecule has 2 amide bonds. The summed E-state index contributed by atoms with van der Waals surface area (Å²) in [6, 6.07) is 15.6. The smallest absolute Gasteiger partial charge is 0.258 e. The van der Waals surface area contributed by atoms with Crippen LogP contribution in [0.2, 0.25) is 18.1 Å². The zero-order chi connectivity index (χ0) is 26.1. The minimum Gasteiger partial charge on any atom is -0.484 e. The van der Waals surface area contributed by atoms with Gasteiger partial charge in [0.1, 0.15) is 11.8 Å². The van der Waals surface area contributed by atoms with Crippen LogP contribution < -0.4 is 10.1 Å². The lowest BCUT2D eigenvalue weighted by Crippen LogP contribution is -2.87. The number of hydrogen-bond donors (Lipinski definition) is 1. The first kappa shape index (κ1) is 26.7. The molecule has 188 valence electrons. The van der Waals surface area contributed by atoms with Crippen molar-refractivity contribution in [3.8, 4) is 5.75 Å². The van der Waals surface area contributed by atoms with Gasteiger partial charge in [-0.2, -0.15) is 0 Å². The van der Waals surface area contributed by atoms with Crippen molar-refractivity contribution in [2.75, 3.05) is 6.61 Å². The number of amides is 2. The first-order chi connectivity index (χ1) is 16.3. The summed E-state index contributed by atoms with van der Waals surface area (Å²) in [6.07, 6.45) is 1.49. The van der Waals surface area contributed by atoms with Crippen molar-refractivity contribution < 1.29 is 22.7 Å². The number of hydrogen-bond acceptors (Lipinski definition) is 5. The van der Waals surface area contributed by atoms with Crippen molar-refractivity contribution in [3.05, 3.63) is 73.3 Å². The number of nitrogens with zero attached hydrogens (tertiary/aromatic N) is 1. The van der Waals surface area contributed by atoms with Crippen LogP contribution in [-0.4, -0.2) is 50.6 Å². The van der Waals surface area contributed by atoms with Gasteiger partial charge in [0.15, 0.2) is 19.7 Å². The van der Waals surface area contributed by atoms with Gasteiger partial charge >= 0.3 is 0 Å². The largest absolute Gasteiger partial charge is 0.484 e. The third-order valence-corrected chi connectivity index (χ3v) is 15.0. The van der Waals surface area contributed by atoms with Gasteiger partial charge in [0.25, 0.3) is 5.91 Å². The van der Waals surface area contributed by atoms with Gasteiger partial charge in [-0.15, -0.1) is 6.58 Å². The number of nitrogens with one attached hydrogen (secondary N) is 1. The van der Waals surface area contributed by atoms with Gasteiger partial charge in [0, 0.05) is 6.42 Å². The maximum Gasteiger partial charge on any atom is 0.258 e. The Morgan fingerprint density at radius 2 is 1.66 bits per heavy atom. The maximum atomic E-state index is 14.2. The zero-order valence-electron chi connectivity index (χ0n) is 20.9. The monoisotopic (exact) mass is 514 g/mol. The molecule has 0 radical (unpaired) electrons. The van der Waals surface area contributed by atoms with E-state index in [0.717, 1.165) is 0 Å². The van der Waals surface area contributed by atoms with E-state index in [0.29, 0.717) is 5.75 Å². The lowest BCUT2D eigenvalue weighted by Gasteiger charge is -2.64.